The van der Waals surface area contributed by atoms with E-state index in [9.17, 15) is 18.0 Å². The summed E-state index contributed by atoms with van der Waals surface area (Å²) in [5.41, 5.74) is 6.47. The lowest BCUT2D eigenvalue weighted by molar-refractivity contribution is -0.137. The average Bonchev–Trinajstić information content (AvgIpc) is 2.68. The lowest BCUT2D eigenvalue weighted by atomic mass is 9.79. The van der Waals surface area contributed by atoms with Crippen LogP contribution in [0.15, 0.2) is 41.5 Å². The molecule has 1 amide bonds. The molecule has 2 aromatic rings. The Labute approximate surface area is 187 Å². The monoisotopic (exact) mass is 445 g/mol. The molecule has 0 fully saturated rings. The van der Waals surface area contributed by atoms with Crippen molar-refractivity contribution in [3.05, 3.63) is 64.2 Å². The normalized spacial score (nSPS) is 18.0. The maximum Gasteiger partial charge on any atom is 0.416 e. The van der Waals surface area contributed by atoms with E-state index in [-0.39, 0.29) is 17.5 Å². The minimum absolute atomic E-state index is 0.0839. The highest BCUT2D eigenvalue weighted by Gasteiger charge is 2.35. The fourth-order valence-corrected chi connectivity index (χ4v) is 4.64. The van der Waals surface area contributed by atoms with Crippen molar-refractivity contribution in [2.24, 2.45) is 5.10 Å². The number of amides is 1. The van der Waals surface area contributed by atoms with Crippen molar-refractivity contribution in [1.82, 2.24) is 5.43 Å². The summed E-state index contributed by atoms with van der Waals surface area (Å²) >= 11 is 0. The predicted octanol–water partition coefficient (Wildman–Crippen LogP) is 5.82. The first-order valence-corrected chi connectivity index (χ1v) is 10.8. The van der Waals surface area contributed by atoms with E-state index in [1.165, 1.54) is 23.4 Å². The van der Waals surface area contributed by atoms with Crippen molar-refractivity contribution in [3.63, 3.8) is 0 Å². The second-order valence-corrected chi connectivity index (χ2v) is 9.10. The van der Waals surface area contributed by atoms with Crippen LogP contribution < -0.4 is 10.3 Å². The molecule has 0 spiro atoms. The molecule has 0 aliphatic carbocycles. The van der Waals surface area contributed by atoms with Gasteiger partial charge >= 0.3 is 6.18 Å². The standard InChI is InChI=1S/C25H30F3N3O/c1-6-31-22-10-16(2)19(13-21(22)17(3)14-24(31,4)5)15-29-30-23(32)12-18-8-7-9-20(11-18)25(26,27)28/h7-11,13,15,17H,6,12,14H2,1-5H3,(H,30,32)/b29-15+/t17-/m1/s1. The third-order valence-electron chi connectivity index (χ3n) is 6.10. The summed E-state index contributed by atoms with van der Waals surface area (Å²) in [6.07, 6.45) is -1.97. The number of hydrogen-bond donors (Lipinski definition) is 1. The summed E-state index contributed by atoms with van der Waals surface area (Å²) < 4.78 is 38.5. The number of hydrazone groups is 1. The molecule has 1 aliphatic rings. The number of nitrogens with zero attached hydrogens (tertiary/aromatic N) is 2. The topological polar surface area (TPSA) is 44.7 Å². The first kappa shape index (κ1) is 23.8. The second-order valence-electron chi connectivity index (χ2n) is 9.10. The summed E-state index contributed by atoms with van der Waals surface area (Å²) in [5.74, 6) is -0.0745. The van der Waals surface area contributed by atoms with Crippen molar-refractivity contribution in [2.45, 2.75) is 65.1 Å². The quantitative estimate of drug-likeness (QED) is 0.466. The smallest absolute Gasteiger partial charge is 0.366 e. The van der Waals surface area contributed by atoms with Gasteiger partial charge < -0.3 is 4.90 Å². The molecular formula is C25H30F3N3O. The molecule has 2 aromatic carbocycles. The molecule has 3 rings (SSSR count). The Morgan fingerprint density at radius 1 is 1.28 bits per heavy atom. The van der Waals surface area contributed by atoms with E-state index in [0.29, 0.717) is 5.92 Å². The number of hydrogen-bond acceptors (Lipinski definition) is 3. The summed E-state index contributed by atoms with van der Waals surface area (Å²) in [7, 11) is 0. The van der Waals surface area contributed by atoms with Gasteiger partial charge in [0.2, 0.25) is 5.91 Å². The average molecular weight is 446 g/mol. The van der Waals surface area contributed by atoms with Crippen LogP contribution in [0, 0.1) is 6.92 Å². The van der Waals surface area contributed by atoms with Crippen LogP contribution in [0.5, 0.6) is 0 Å². The van der Waals surface area contributed by atoms with Crippen LogP contribution in [-0.4, -0.2) is 24.2 Å². The van der Waals surface area contributed by atoms with Crippen molar-refractivity contribution in [2.75, 3.05) is 11.4 Å². The van der Waals surface area contributed by atoms with Crippen LogP contribution in [0.25, 0.3) is 0 Å². The molecule has 7 heteroatoms. The lowest BCUT2D eigenvalue weighted by Gasteiger charge is -2.47. The van der Waals surface area contributed by atoms with E-state index >= 15 is 0 Å². The van der Waals surface area contributed by atoms with Crippen LogP contribution in [0.3, 0.4) is 0 Å². The SMILES string of the molecule is CCN1c2cc(C)c(/C=N/NC(=O)Cc3cccc(C(F)(F)F)c3)cc2[C@H](C)CC1(C)C. The van der Waals surface area contributed by atoms with Gasteiger partial charge in [-0.3, -0.25) is 4.79 Å². The van der Waals surface area contributed by atoms with Crippen LogP contribution in [-0.2, 0) is 17.4 Å². The molecule has 32 heavy (non-hydrogen) atoms. The highest BCUT2D eigenvalue weighted by atomic mass is 19.4. The van der Waals surface area contributed by atoms with Gasteiger partial charge in [0.05, 0.1) is 18.2 Å². The summed E-state index contributed by atoms with van der Waals surface area (Å²) in [5, 5.41) is 4.05. The fraction of sp³-hybridized carbons (Fsp3) is 0.440. The lowest BCUT2D eigenvalue weighted by Crippen LogP contribution is -2.48. The number of carbonyl (C=O) groups is 1. The first-order valence-electron chi connectivity index (χ1n) is 10.8. The maximum absolute atomic E-state index is 12.8. The Kier molecular flexibility index (Phi) is 6.67. The van der Waals surface area contributed by atoms with Gasteiger partial charge in [-0.05, 0) is 80.5 Å². The zero-order chi connectivity index (χ0) is 23.7. The highest BCUT2D eigenvalue weighted by molar-refractivity contribution is 5.86. The van der Waals surface area contributed by atoms with E-state index in [1.54, 1.807) is 6.21 Å². The van der Waals surface area contributed by atoms with Crippen molar-refractivity contribution < 1.29 is 18.0 Å². The van der Waals surface area contributed by atoms with Gasteiger partial charge in [-0.25, -0.2) is 5.43 Å². The summed E-state index contributed by atoms with van der Waals surface area (Å²) in [6, 6.07) is 9.05. The molecule has 0 saturated heterocycles. The molecule has 0 aromatic heterocycles. The van der Waals surface area contributed by atoms with Crippen molar-refractivity contribution in [3.8, 4) is 0 Å². The van der Waals surface area contributed by atoms with Gasteiger partial charge in [-0.2, -0.15) is 18.3 Å². The van der Waals surface area contributed by atoms with E-state index in [4.69, 9.17) is 0 Å². The molecule has 0 unspecified atom stereocenters. The van der Waals surface area contributed by atoms with E-state index in [1.807, 2.05) is 6.92 Å². The highest BCUT2D eigenvalue weighted by Crippen LogP contribution is 2.44. The molecule has 1 N–H and O–H groups in total. The Morgan fingerprint density at radius 2 is 2.00 bits per heavy atom. The van der Waals surface area contributed by atoms with Crippen molar-refractivity contribution in [1.29, 1.82) is 0 Å². The van der Waals surface area contributed by atoms with E-state index < -0.39 is 17.6 Å². The molecule has 1 atom stereocenters. The van der Waals surface area contributed by atoms with Crippen LogP contribution in [0.4, 0.5) is 18.9 Å². The number of alkyl halides is 3. The third kappa shape index (κ3) is 5.14. The predicted molar refractivity (Wildman–Crippen MR) is 122 cm³/mol. The molecule has 1 heterocycles. The fourth-order valence-electron chi connectivity index (χ4n) is 4.64. The van der Waals surface area contributed by atoms with Crippen LogP contribution in [0.1, 0.15) is 67.9 Å². The van der Waals surface area contributed by atoms with Crippen molar-refractivity contribution >= 4 is 17.8 Å². The number of halogens is 3. The molecule has 0 bridgehead atoms. The Bertz CT molecular complexity index is 1030. The minimum atomic E-state index is -4.44. The summed E-state index contributed by atoms with van der Waals surface area (Å²) in [6.45, 7) is 11.8. The Hall–Kier alpha value is -2.83. The second kappa shape index (κ2) is 8.96. The number of fused-ring (bicyclic) bond motifs is 1. The molecule has 0 saturated carbocycles. The molecule has 0 radical (unpaired) electrons. The molecule has 4 nitrogen and oxygen atoms in total. The molecular weight excluding hydrogens is 415 g/mol. The van der Waals surface area contributed by atoms with Gasteiger partial charge in [0, 0.05) is 17.8 Å². The van der Waals surface area contributed by atoms with Gasteiger partial charge in [0.15, 0.2) is 0 Å². The molecule has 1 aliphatic heterocycles. The minimum Gasteiger partial charge on any atom is -0.366 e. The number of anilines is 1. The number of benzene rings is 2. The van der Waals surface area contributed by atoms with E-state index in [0.717, 1.165) is 36.2 Å². The van der Waals surface area contributed by atoms with Gasteiger partial charge in [-0.15, -0.1) is 0 Å². The van der Waals surface area contributed by atoms with Gasteiger partial charge in [-0.1, -0.05) is 25.1 Å². The zero-order valence-corrected chi connectivity index (χ0v) is 19.2. The van der Waals surface area contributed by atoms with E-state index in [2.05, 4.69) is 55.3 Å². The Balaban J connectivity index is 1.72. The Morgan fingerprint density at radius 3 is 2.66 bits per heavy atom. The van der Waals surface area contributed by atoms with Crippen LogP contribution in [0.2, 0.25) is 0 Å². The number of carbonyl (C=O) groups excluding carboxylic acids is 1. The third-order valence-corrected chi connectivity index (χ3v) is 6.10. The zero-order valence-electron chi connectivity index (χ0n) is 19.2. The number of nitrogens with one attached hydrogen (secondary N) is 1. The van der Waals surface area contributed by atoms with Gasteiger partial charge in [0.25, 0.3) is 0 Å². The number of rotatable bonds is 5. The first-order chi connectivity index (χ1) is 14.9. The van der Waals surface area contributed by atoms with Crippen LogP contribution >= 0.6 is 0 Å². The maximum atomic E-state index is 12.8. The molecule has 172 valence electrons. The largest absolute Gasteiger partial charge is 0.416 e. The number of aryl methyl sites for hydroxylation is 1. The van der Waals surface area contributed by atoms with Gasteiger partial charge in [0.1, 0.15) is 0 Å². The summed E-state index contributed by atoms with van der Waals surface area (Å²) in [4.78, 5) is 14.6.